The first-order valence-corrected chi connectivity index (χ1v) is 3.34. The molecule has 5 heteroatoms. The number of rotatable bonds is 2. The summed E-state index contributed by atoms with van der Waals surface area (Å²) in [5.41, 5.74) is -0.975. The summed E-state index contributed by atoms with van der Waals surface area (Å²) >= 11 is 7.91. The van der Waals surface area contributed by atoms with Crippen LogP contribution in [0.2, 0.25) is 0 Å². The highest BCUT2D eigenvalue weighted by Gasteiger charge is 2.33. The Balaban J connectivity index is 4.24. The van der Waals surface area contributed by atoms with Crippen LogP contribution in [0.5, 0.6) is 0 Å². The third-order valence-corrected chi connectivity index (χ3v) is 1.74. The molecule has 58 valence electrons. The number of hydrogen-bond acceptors (Lipinski definition) is 2. The Morgan fingerprint density at radius 2 is 1.90 bits per heavy atom. The fraction of sp³-hybridized carbons (Fsp3) is 0.400. The largest absolute Gasteiger partial charge is 0.416 e. The van der Waals surface area contributed by atoms with Crippen LogP contribution < -0.4 is 0 Å². The average Bonchev–Trinajstić information content (AvgIpc) is 1.83. The molecule has 0 atom stereocenters. The van der Waals surface area contributed by atoms with E-state index in [9.17, 15) is 13.2 Å². The molecule has 0 aromatic heterocycles. The minimum Gasteiger partial charge on any atom is -0.174 e. The highest BCUT2D eigenvalue weighted by atomic mass is 32.1. The van der Waals surface area contributed by atoms with Crippen LogP contribution in [-0.4, -0.2) is 16.8 Å². The SMILES string of the molecule is C=C(C(=S)CS)C(F)(F)F. The molecule has 0 aromatic rings. The van der Waals surface area contributed by atoms with Crippen molar-refractivity contribution in [1.29, 1.82) is 0 Å². The summed E-state index contributed by atoms with van der Waals surface area (Å²) in [7, 11) is 0. The molecule has 0 N–H and O–H groups in total. The van der Waals surface area contributed by atoms with Crippen molar-refractivity contribution < 1.29 is 13.2 Å². The Morgan fingerprint density at radius 3 is 2.00 bits per heavy atom. The molecule has 0 aliphatic rings. The Labute approximate surface area is 67.5 Å². The molecule has 0 unspecified atom stereocenters. The molecular weight excluding hydrogens is 181 g/mol. The smallest absolute Gasteiger partial charge is 0.174 e. The lowest BCUT2D eigenvalue weighted by molar-refractivity contribution is -0.0854. The van der Waals surface area contributed by atoms with Crippen molar-refractivity contribution in [2.24, 2.45) is 0 Å². The number of alkyl halides is 3. The van der Waals surface area contributed by atoms with Gasteiger partial charge in [0, 0.05) is 10.6 Å². The zero-order valence-electron chi connectivity index (χ0n) is 4.90. The summed E-state index contributed by atoms with van der Waals surface area (Å²) in [6.07, 6.45) is -4.40. The van der Waals surface area contributed by atoms with Gasteiger partial charge in [-0.25, -0.2) is 0 Å². The minimum absolute atomic E-state index is 0.0896. The van der Waals surface area contributed by atoms with E-state index in [1.54, 1.807) is 0 Å². The molecule has 0 fully saturated rings. The quantitative estimate of drug-likeness (QED) is 0.392. The number of allylic oxidation sites excluding steroid dienone is 1. The fourth-order valence-corrected chi connectivity index (χ4v) is 0.560. The Kier molecular flexibility index (Phi) is 3.38. The van der Waals surface area contributed by atoms with Crippen molar-refractivity contribution in [3.63, 3.8) is 0 Å². The van der Waals surface area contributed by atoms with Crippen LogP contribution in [-0.2, 0) is 0 Å². The van der Waals surface area contributed by atoms with E-state index >= 15 is 0 Å². The topological polar surface area (TPSA) is 0 Å². The summed E-state index contributed by atoms with van der Waals surface area (Å²) in [6.45, 7) is 2.78. The van der Waals surface area contributed by atoms with Crippen molar-refractivity contribution >= 4 is 29.7 Å². The van der Waals surface area contributed by atoms with E-state index in [0.717, 1.165) is 0 Å². The normalized spacial score (nSPS) is 11.2. The van der Waals surface area contributed by atoms with Gasteiger partial charge in [0.25, 0.3) is 0 Å². The summed E-state index contributed by atoms with van der Waals surface area (Å²) in [5.74, 6) is -0.0896. The van der Waals surface area contributed by atoms with E-state index in [4.69, 9.17) is 0 Å². The summed E-state index contributed by atoms with van der Waals surface area (Å²) in [5, 5.41) is 0. The Bertz CT molecular complexity index is 159. The molecule has 0 bridgehead atoms. The summed E-state index contributed by atoms with van der Waals surface area (Å²) in [4.78, 5) is -0.254. The van der Waals surface area contributed by atoms with E-state index in [1.165, 1.54) is 0 Å². The first-order valence-electron chi connectivity index (χ1n) is 2.29. The predicted octanol–water partition coefficient (Wildman–Crippen LogP) is 2.40. The van der Waals surface area contributed by atoms with Crippen LogP contribution in [0.3, 0.4) is 0 Å². The molecule has 0 aliphatic carbocycles. The molecule has 0 spiro atoms. The van der Waals surface area contributed by atoms with Crippen molar-refractivity contribution in [2.45, 2.75) is 6.18 Å². The van der Waals surface area contributed by atoms with E-state index in [2.05, 4.69) is 31.4 Å². The Morgan fingerprint density at radius 1 is 1.50 bits per heavy atom. The molecule has 0 saturated heterocycles. The highest BCUT2D eigenvalue weighted by molar-refractivity contribution is 7.86. The van der Waals surface area contributed by atoms with Crippen molar-refractivity contribution in [1.82, 2.24) is 0 Å². The van der Waals surface area contributed by atoms with Crippen molar-refractivity contribution in [3.8, 4) is 0 Å². The highest BCUT2D eigenvalue weighted by Crippen LogP contribution is 2.25. The van der Waals surface area contributed by atoms with Crippen LogP contribution in [0.25, 0.3) is 0 Å². The maximum atomic E-state index is 11.7. The first-order chi connectivity index (χ1) is 4.39. The third-order valence-electron chi connectivity index (χ3n) is 0.822. The molecule has 0 rings (SSSR count). The maximum absolute atomic E-state index is 11.7. The van der Waals surface area contributed by atoms with Crippen molar-refractivity contribution in [3.05, 3.63) is 12.2 Å². The predicted molar refractivity (Wildman–Crippen MR) is 41.6 cm³/mol. The van der Waals surface area contributed by atoms with Gasteiger partial charge in [-0.15, -0.1) is 0 Å². The van der Waals surface area contributed by atoms with Crippen LogP contribution in [0.1, 0.15) is 0 Å². The lowest BCUT2D eigenvalue weighted by Gasteiger charge is -2.08. The van der Waals surface area contributed by atoms with Gasteiger partial charge in [0.05, 0.1) is 5.57 Å². The zero-order chi connectivity index (χ0) is 8.36. The van der Waals surface area contributed by atoms with Crippen molar-refractivity contribution in [2.75, 3.05) is 5.75 Å². The molecule has 0 aliphatic heterocycles. The van der Waals surface area contributed by atoms with Gasteiger partial charge in [-0.1, -0.05) is 18.8 Å². The van der Waals surface area contributed by atoms with Gasteiger partial charge < -0.3 is 0 Å². The number of halogens is 3. The fourth-order valence-electron chi connectivity index (χ4n) is 0.254. The van der Waals surface area contributed by atoms with Gasteiger partial charge in [-0.2, -0.15) is 25.8 Å². The van der Waals surface area contributed by atoms with Crippen LogP contribution in [0, 0.1) is 0 Å². The summed E-state index contributed by atoms with van der Waals surface area (Å²) in [6, 6.07) is 0. The second kappa shape index (κ2) is 3.39. The number of thiol groups is 1. The standard InChI is InChI=1S/C5H5F3S2/c1-3(4(10)2-9)5(6,7)8/h9H,1-2H2. The van der Waals surface area contributed by atoms with Gasteiger partial charge in [0.1, 0.15) is 0 Å². The van der Waals surface area contributed by atoms with Gasteiger partial charge in [0.15, 0.2) is 0 Å². The first kappa shape index (κ1) is 9.97. The van der Waals surface area contributed by atoms with Crippen LogP contribution in [0.15, 0.2) is 12.2 Å². The average molecular weight is 186 g/mol. The van der Waals surface area contributed by atoms with E-state index in [0.29, 0.717) is 0 Å². The molecule has 0 nitrogen and oxygen atoms in total. The minimum atomic E-state index is -4.40. The van der Waals surface area contributed by atoms with Crippen LogP contribution >= 0.6 is 24.8 Å². The van der Waals surface area contributed by atoms with Gasteiger partial charge in [-0.3, -0.25) is 0 Å². The zero-order valence-corrected chi connectivity index (χ0v) is 6.61. The maximum Gasteiger partial charge on any atom is 0.416 e. The van der Waals surface area contributed by atoms with Gasteiger partial charge in [-0.05, 0) is 0 Å². The van der Waals surface area contributed by atoms with Gasteiger partial charge in [0.2, 0.25) is 0 Å². The lowest BCUT2D eigenvalue weighted by atomic mass is 10.2. The van der Waals surface area contributed by atoms with E-state index in [1.807, 2.05) is 0 Å². The number of thiocarbonyl (C=S) groups is 1. The number of hydrogen-bond donors (Lipinski definition) is 1. The second-order valence-electron chi connectivity index (χ2n) is 1.56. The van der Waals surface area contributed by atoms with E-state index < -0.39 is 11.7 Å². The molecule has 0 amide bonds. The molecular formula is C5H5F3S2. The molecule has 0 aromatic carbocycles. The molecule has 10 heavy (non-hydrogen) atoms. The second-order valence-corrected chi connectivity index (χ2v) is 2.37. The molecule has 0 heterocycles. The van der Waals surface area contributed by atoms with Crippen LogP contribution in [0.4, 0.5) is 13.2 Å². The van der Waals surface area contributed by atoms with E-state index in [-0.39, 0.29) is 10.6 Å². The monoisotopic (exact) mass is 186 g/mol. The molecule has 0 saturated carbocycles. The third kappa shape index (κ3) is 2.70. The Hall–Kier alpha value is -0.0300. The lowest BCUT2D eigenvalue weighted by Crippen LogP contribution is -2.18. The molecule has 0 radical (unpaired) electrons. The summed E-state index contributed by atoms with van der Waals surface area (Å²) < 4.78 is 35.0. The van der Waals surface area contributed by atoms with Gasteiger partial charge >= 0.3 is 6.18 Å².